The molecular formula is C11H10O5. The summed E-state index contributed by atoms with van der Waals surface area (Å²) in [6.07, 6.45) is 1.55. The van der Waals surface area contributed by atoms with Gasteiger partial charge in [-0.2, -0.15) is 0 Å². The maximum Gasteiger partial charge on any atom is 0.336 e. The predicted molar refractivity (Wildman–Crippen MR) is 55.4 cm³/mol. The van der Waals surface area contributed by atoms with Gasteiger partial charge in [0.1, 0.15) is 11.5 Å². The van der Waals surface area contributed by atoms with Crippen LogP contribution in [0.1, 0.15) is 0 Å². The molecule has 1 N–H and O–H groups in total. The number of carboxylic acid groups (broad SMARTS) is 1. The molecule has 0 bridgehead atoms. The van der Waals surface area contributed by atoms with E-state index in [1.807, 2.05) is 0 Å². The molecule has 0 saturated carbocycles. The van der Waals surface area contributed by atoms with Gasteiger partial charge in [-0.15, -0.1) is 0 Å². The van der Waals surface area contributed by atoms with Crippen molar-refractivity contribution < 1.29 is 24.2 Å². The molecule has 5 nitrogen and oxygen atoms in total. The van der Waals surface area contributed by atoms with Gasteiger partial charge < -0.3 is 14.6 Å². The van der Waals surface area contributed by atoms with E-state index in [0.717, 1.165) is 6.08 Å². The fraction of sp³-hybridized carbons (Fsp3) is 0.0909. The van der Waals surface area contributed by atoms with Crippen molar-refractivity contribution in [1.29, 1.82) is 0 Å². The summed E-state index contributed by atoms with van der Waals surface area (Å²) in [6, 6.07) is 6.35. The largest absolute Gasteiger partial charge is 0.497 e. The molecule has 0 atom stereocenters. The second kappa shape index (κ2) is 5.55. The van der Waals surface area contributed by atoms with Crippen molar-refractivity contribution in [1.82, 2.24) is 0 Å². The van der Waals surface area contributed by atoms with Crippen LogP contribution >= 0.6 is 0 Å². The Morgan fingerprint density at radius 3 is 2.19 bits per heavy atom. The van der Waals surface area contributed by atoms with E-state index in [0.29, 0.717) is 17.6 Å². The highest BCUT2D eigenvalue weighted by Crippen LogP contribution is 2.17. The molecule has 0 spiro atoms. The number of carbonyl (C=O) groups is 2. The Morgan fingerprint density at radius 1 is 1.12 bits per heavy atom. The molecule has 0 aliphatic carbocycles. The summed E-state index contributed by atoms with van der Waals surface area (Å²) in [4.78, 5) is 21.2. The van der Waals surface area contributed by atoms with Crippen LogP contribution in [0.15, 0.2) is 36.4 Å². The number of hydrogen-bond donors (Lipinski definition) is 1. The number of benzene rings is 1. The van der Waals surface area contributed by atoms with Gasteiger partial charge in [-0.3, -0.25) is 0 Å². The molecule has 84 valence electrons. The average molecular weight is 222 g/mol. The molecule has 0 aliphatic rings. The molecule has 0 saturated heterocycles. The van der Waals surface area contributed by atoms with E-state index in [9.17, 15) is 9.59 Å². The van der Waals surface area contributed by atoms with Crippen LogP contribution in [0.4, 0.5) is 0 Å². The first-order chi connectivity index (χ1) is 7.61. The summed E-state index contributed by atoms with van der Waals surface area (Å²) in [6.45, 7) is 0. The molecule has 16 heavy (non-hydrogen) atoms. The molecule has 0 radical (unpaired) electrons. The van der Waals surface area contributed by atoms with Crippen LogP contribution in [0.25, 0.3) is 0 Å². The van der Waals surface area contributed by atoms with Gasteiger partial charge in [0.2, 0.25) is 0 Å². The summed E-state index contributed by atoms with van der Waals surface area (Å²) in [7, 11) is 1.52. The average Bonchev–Trinajstić information content (AvgIpc) is 2.27. The Kier molecular flexibility index (Phi) is 4.08. The second-order valence-corrected chi connectivity index (χ2v) is 2.77. The van der Waals surface area contributed by atoms with Crippen LogP contribution in [0.5, 0.6) is 11.5 Å². The Labute approximate surface area is 91.9 Å². The van der Waals surface area contributed by atoms with E-state index in [-0.39, 0.29) is 0 Å². The SMILES string of the molecule is COc1ccc(OC(=O)/C=C\C(=O)O)cc1. The number of hydrogen-bond acceptors (Lipinski definition) is 4. The molecule has 1 rings (SSSR count). The minimum atomic E-state index is -1.20. The minimum absolute atomic E-state index is 0.320. The first-order valence-corrected chi connectivity index (χ1v) is 4.38. The van der Waals surface area contributed by atoms with Crippen molar-refractivity contribution in [2.45, 2.75) is 0 Å². The van der Waals surface area contributed by atoms with Crippen molar-refractivity contribution in [3.8, 4) is 11.5 Å². The first kappa shape index (κ1) is 11.8. The zero-order valence-corrected chi connectivity index (χ0v) is 8.54. The Morgan fingerprint density at radius 2 is 1.69 bits per heavy atom. The van der Waals surface area contributed by atoms with Crippen LogP contribution in [0.2, 0.25) is 0 Å². The molecule has 0 amide bonds. The predicted octanol–water partition coefficient (Wildman–Crippen LogP) is 1.24. The highest BCUT2D eigenvalue weighted by atomic mass is 16.5. The normalized spacial score (nSPS) is 10.1. The van der Waals surface area contributed by atoms with Gasteiger partial charge in [-0.25, -0.2) is 9.59 Å². The zero-order chi connectivity index (χ0) is 12.0. The molecule has 0 aliphatic heterocycles. The Bertz CT molecular complexity index is 405. The van der Waals surface area contributed by atoms with Crippen molar-refractivity contribution in [3.05, 3.63) is 36.4 Å². The number of esters is 1. The zero-order valence-electron chi connectivity index (χ0n) is 8.54. The van der Waals surface area contributed by atoms with Crippen molar-refractivity contribution in [3.63, 3.8) is 0 Å². The van der Waals surface area contributed by atoms with E-state index in [2.05, 4.69) is 0 Å². The van der Waals surface area contributed by atoms with E-state index in [4.69, 9.17) is 14.6 Å². The minimum Gasteiger partial charge on any atom is -0.497 e. The second-order valence-electron chi connectivity index (χ2n) is 2.77. The number of carbonyl (C=O) groups excluding carboxylic acids is 1. The lowest BCUT2D eigenvalue weighted by atomic mass is 10.3. The fourth-order valence-corrected chi connectivity index (χ4v) is 0.933. The van der Waals surface area contributed by atoms with Crippen molar-refractivity contribution >= 4 is 11.9 Å². The lowest BCUT2D eigenvalue weighted by Crippen LogP contribution is -2.04. The molecule has 0 aromatic heterocycles. The number of methoxy groups -OCH3 is 1. The van der Waals surface area contributed by atoms with E-state index < -0.39 is 11.9 Å². The molecule has 5 heteroatoms. The molecule has 0 fully saturated rings. The van der Waals surface area contributed by atoms with Gasteiger partial charge in [-0.1, -0.05) is 0 Å². The number of aliphatic carboxylic acids is 1. The number of rotatable bonds is 4. The van der Waals surface area contributed by atoms with Gasteiger partial charge in [0, 0.05) is 12.2 Å². The third-order valence-electron chi connectivity index (χ3n) is 1.64. The van der Waals surface area contributed by atoms with Gasteiger partial charge >= 0.3 is 11.9 Å². The summed E-state index contributed by atoms with van der Waals surface area (Å²) in [5.74, 6) is -0.985. The van der Waals surface area contributed by atoms with E-state index >= 15 is 0 Å². The highest BCUT2D eigenvalue weighted by molar-refractivity contribution is 5.91. The molecule has 0 unspecified atom stereocenters. The Balaban J connectivity index is 2.59. The summed E-state index contributed by atoms with van der Waals surface area (Å²) >= 11 is 0. The summed E-state index contributed by atoms with van der Waals surface area (Å²) < 4.78 is 9.74. The summed E-state index contributed by atoms with van der Waals surface area (Å²) in [5, 5.41) is 8.29. The third-order valence-corrected chi connectivity index (χ3v) is 1.64. The van der Waals surface area contributed by atoms with Crippen molar-refractivity contribution in [2.75, 3.05) is 7.11 Å². The van der Waals surface area contributed by atoms with Crippen LogP contribution in [-0.2, 0) is 9.59 Å². The summed E-state index contributed by atoms with van der Waals surface area (Å²) in [5.41, 5.74) is 0. The molecular weight excluding hydrogens is 212 g/mol. The van der Waals surface area contributed by atoms with Crippen LogP contribution in [0, 0.1) is 0 Å². The van der Waals surface area contributed by atoms with E-state index in [1.165, 1.54) is 7.11 Å². The van der Waals surface area contributed by atoms with Gasteiger partial charge in [0.05, 0.1) is 7.11 Å². The van der Waals surface area contributed by atoms with Gasteiger partial charge in [-0.05, 0) is 24.3 Å². The molecule has 1 aromatic rings. The smallest absolute Gasteiger partial charge is 0.336 e. The first-order valence-electron chi connectivity index (χ1n) is 4.38. The monoisotopic (exact) mass is 222 g/mol. The third kappa shape index (κ3) is 3.83. The lowest BCUT2D eigenvalue weighted by molar-refractivity contribution is -0.133. The fourth-order valence-electron chi connectivity index (χ4n) is 0.933. The maximum atomic E-state index is 11.1. The number of ether oxygens (including phenoxy) is 2. The molecule has 1 aromatic carbocycles. The standard InChI is InChI=1S/C11H10O5/c1-15-8-2-4-9(5-3-8)16-11(14)7-6-10(12)13/h2-7H,1H3,(H,12,13)/b7-6-. The highest BCUT2D eigenvalue weighted by Gasteiger charge is 2.01. The van der Waals surface area contributed by atoms with Crippen LogP contribution in [-0.4, -0.2) is 24.2 Å². The van der Waals surface area contributed by atoms with Gasteiger partial charge in [0.15, 0.2) is 0 Å². The van der Waals surface area contributed by atoms with Crippen LogP contribution in [0.3, 0.4) is 0 Å². The quantitative estimate of drug-likeness (QED) is 0.471. The maximum absolute atomic E-state index is 11.1. The number of carboxylic acids is 1. The molecule has 0 heterocycles. The van der Waals surface area contributed by atoms with Gasteiger partial charge in [0.25, 0.3) is 0 Å². The Hall–Kier alpha value is -2.30. The lowest BCUT2D eigenvalue weighted by Gasteiger charge is -2.02. The topological polar surface area (TPSA) is 72.8 Å². The van der Waals surface area contributed by atoms with E-state index in [1.54, 1.807) is 24.3 Å². The van der Waals surface area contributed by atoms with Crippen LogP contribution < -0.4 is 9.47 Å². The van der Waals surface area contributed by atoms with Crippen molar-refractivity contribution in [2.24, 2.45) is 0 Å².